The monoisotopic (exact) mass is 283 g/mol. The third kappa shape index (κ3) is 6.62. The molecule has 0 radical (unpaired) electrons. The number of unbranched alkanes of at least 4 members (excludes halogenated alkanes) is 5. The standard InChI is InChI=1S/C17H33NO2/c1-3-5-7-11-15-20-17(19)18-14-10-9-13-16(18)12-8-6-4-2/h16H,3-15H2,1-2H3/t16-/m0/s1. The topological polar surface area (TPSA) is 29.5 Å². The molecule has 1 aliphatic rings. The van der Waals surface area contributed by atoms with Crippen LogP contribution in [0.4, 0.5) is 4.79 Å². The molecule has 118 valence electrons. The minimum absolute atomic E-state index is 0.0669. The Morgan fingerprint density at radius 2 is 1.80 bits per heavy atom. The first kappa shape index (κ1) is 17.3. The van der Waals surface area contributed by atoms with Gasteiger partial charge in [0.15, 0.2) is 0 Å². The maximum absolute atomic E-state index is 12.2. The molecule has 1 saturated heterocycles. The molecule has 1 fully saturated rings. The van der Waals surface area contributed by atoms with Gasteiger partial charge in [0.05, 0.1) is 6.61 Å². The van der Waals surface area contributed by atoms with Gasteiger partial charge in [0.25, 0.3) is 0 Å². The molecule has 1 amide bonds. The highest BCUT2D eigenvalue weighted by molar-refractivity contribution is 5.68. The Balaban J connectivity index is 2.26. The second kappa shape index (κ2) is 11.0. The third-order valence-electron chi connectivity index (χ3n) is 4.23. The van der Waals surface area contributed by atoms with E-state index in [1.165, 1.54) is 44.9 Å². The fourth-order valence-corrected chi connectivity index (χ4v) is 2.94. The van der Waals surface area contributed by atoms with Crippen molar-refractivity contribution in [2.75, 3.05) is 13.2 Å². The average molecular weight is 283 g/mol. The second-order valence-electron chi connectivity index (χ2n) is 6.01. The number of rotatable bonds is 9. The lowest BCUT2D eigenvalue weighted by Crippen LogP contribution is -2.44. The number of carbonyl (C=O) groups excluding carboxylic acids is 1. The maximum atomic E-state index is 12.2. The summed E-state index contributed by atoms with van der Waals surface area (Å²) in [5, 5.41) is 0. The second-order valence-corrected chi connectivity index (χ2v) is 6.01. The summed E-state index contributed by atoms with van der Waals surface area (Å²) in [5.74, 6) is 0. The molecular formula is C17H33NO2. The summed E-state index contributed by atoms with van der Waals surface area (Å²) >= 11 is 0. The molecule has 1 aliphatic heterocycles. The first-order valence-electron chi connectivity index (χ1n) is 8.73. The van der Waals surface area contributed by atoms with Gasteiger partial charge in [-0.05, 0) is 32.1 Å². The van der Waals surface area contributed by atoms with E-state index < -0.39 is 0 Å². The lowest BCUT2D eigenvalue weighted by atomic mass is 9.97. The van der Waals surface area contributed by atoms with E-state index in [1.54, 1.807) is 0 Å². The SMILES string of the molecule is CCCCCCOC(=O)N1CCCC[C@@H]1CCCCC. The molecule has 0 spiro atoms. The Morgan fingerprint density at radius 1 is 1.05 bits per heavy atom. The summed E-state index contributed by atoms with van der Waals surface area (Å²) in [6.45, 7) is 5.91. The lowest BCUT2D eigenvalue weighted by molar-refractivity contribution is 0.0691. The Labute approximate surface area is 125 Å². The summed E-state index contributed by atoms with van der Waals surface area (Å²) in [5.41, 5.74) is 0. The molecule has 1 rings (SSSR count). The van der Waals surface area contributed by atoms with Crippen LogP contribution >= 0.6 is 0 Å². The number of carbonyl (C=O) groups is 1. The molecule has 3 nitrogen and oxygen atoms in total. The molecular weight excluding hydrogens is 250 g/mol. The Hall–Kier alpha value is -0.730. The molecule has 20 heavy (non-hydrogen) atoms. The zero-order valence-electron chi connectivity index (χ0n) is 13.5. The molecule has 0 aliphatic carbocycles. The van der Waals surface area contributed by atoms with Gasteiger partial charge < -0.3 is 9.64 Å². The quantitative estimate of drug-likeness (QED) is 0.548. The molecule has 0 N–H and O–H groups in total. The van der Waals surface area contributed by atoms with Gasteiger partial charge in [-0.3, -0.25) is 0 Å². The van der Waals surface area contributed by atoms with Crippen molar-refractivity contribution in [2.24, 2.45) is 0 Å². The van der Waals surface area contributed by atoms with E-state index in [1.807, 2.05) is 4.90 Å². The third-order valence-corrected chi connectivity index (χ3v) is 4.23. The van der Waals surface area contributed by atoms with Crippen molar-refractivity contribution in [1.82, 2.24) is 4.90 Å². The number of hydrogen-bond acceptors (Lipinski definition) is 2. The van der Waals surface area contributed by atoms with Crippen LogP contribution in [0.1, 0.15) is 84.5 Å². The predicted molar refractivity (Wildman–Crippen MR) is 84.0 cm³/mol. The summed E-state index contributed by atoms with van der Waals surface area (Å²) in [6.07, 6.45) is 13.0. The van der Waals surface area contributed by atoms with Crippen molar-refractivity contribution in [1.29, 1.82) is 0 Å². The maximum Gasteiger partial charge on any atom is 0.410 e. The molecule has 0 unspecified atom stereocenters. The highest BCUT2D eigenvalue weighted by Crippen LogP contribution is 2.22. The van der Waals surface area contributed by atoms with Crippen molar-refractivity contribution in [2.45, 2.75) is 90.5 Å². The number of amides is 1. The summed E-state index contributed by atoms with van der Waals surface area (Å²) < 4.78 is 5.45. The summed E-state index contributed by atoms with van der Waals surface area (Å²) in [6, 6.07) is 0.429. The van der Waals surface area contributed by atoms with Crippen LogP contribution in [-0.4, -0.2) is 30.2 Å². The van der Waals surface area contributed by atoms with Gasteiger partial charge in [-0.2, -0.15) is 0 Å². The van der Waals surface area contributed by atoms with Gasteiger partial charge in [-0.15, -0.1) is 0 Å². The van der Waals surface area contributed by atoms with Crippen LogP contribution in [0.5, 0.6) is 0 Å². The van der Waals surface area contributed by atoms with Crippen molar-refractivity contribution in [3.05, 3.63) is 0 Å². The molecule has 0 aromatic carbocycles. The van der Waals surface area contributed by atoms with Crippen LogP contribution in [0.2, 0.25) is 0 Å². The molecule has 1 atom stereocenters. The van der Waals surface area contributed by atoms with E-state index in [2.05, 4.69) is 13.8 Å². The molecule has 0 bridgehead atoms. The van der Waals surface area contributed by atoms with E-state index in [-0.39, 0.29) is 6.09 Å². The lowest BCUT2D eigenvalue weighted by Gasteiger charge is -2.35. The van der Waals surface area contributed by atoms with E-state index in [9.17, 15) is 4.79 Å². The summed E-state index contributed by atoms with van der Waals surface area (Å²) in [4.78, 5) is 14.2. The van der Waals surface area contributed by atoms with Crippen LogP contribution in [0.25, 0.3) is 0 Å². The van der Waals surface area contributed by atoms with Crippen molar-refractivity contribution < 1.29 is 9.53 Å². The first-order valence-corrected chi connectivity index (χ1v) is 8.73. The van der Waals surface area contributed by atoms with Crippen LogP contribution in [0, 0.1) is 0 Å². The van der Waals surface area contributed by atoms with Crippen molar-refractivity contribution in [3.63, 3.8) is 0 Å². The zero-order valence-corrected chi connectivity index (χ0v) is 13.5. The van der Waals surface area contributed by atoms with E-state index in [0.29, 0.717) is 12.6 Å². The van der Waals surface area contributed by atoms with Gasteiger partial charge in [0.2, 0.25) is 0 Å². The van der Waals surface area contributed by atoms with Crippen molar-refractivity contribution in [3.8, 4) is 0 Å². The van der Waals surface area contributed by atoms with Crippen LogP contribution in [-0.2, 0) is 4.74 Å². The molecule has 1 heterocycles. The largest absolute Gasteiger partial charge is 0.449 e. The van der Waals surface area contributed by atoms with Crippen LogP contribution < -0.4 is 0 Å². The van der Waals surface area contributed by atoms with E-state index >= 15 is 0 Å². The average Bonchev–Trinajstić information content (AvgIpc) is 2.47. The minimum Gasteiger partial charge on any atom is -0.449 e. The Kier molecular flexibility index (Phi) is 9.52. The van der Waals surface area contributed by atoms with Gasteiger partial charge in [-0.25, -0.2) is 4.79 Å². The number of hydrogen-bond donors (Lipinski definition) is 0. The van der Waals surface area contributed by atoms with Gasteiger partial charge >= 0.3 is 6.09 Å². The number of likely N-dealkylation sites (tertiary alicyclic amines) is 1. The predicted octanol–water partition coefficient (Wildman–Crippen LogP) is 5.14. The number of piperidine rings is 1. The van der Waals surface area contributed by atoms with Crippen molar-refractivity contribution >= 4 is 6.09 Å². The van der Waals surface area contributed by atoms with Gasteiger partial charge in [0, 0.05) is 12.6 Å². The molecule has 0 aromatic heterocycles. The number of ether oxygens (including phenoxy) is 1. The van der Waals surface area contributed by atoms with E-state index in [4.69, 9.17) is 4.74 Å². The van der Waals surface area contributed by atoms with Gasteiger partial charge in [-0.1, -0.05) is 52.4 Å². The molecule has 0 aromatic rings. The summed E-state index contributed by atoms with van der Waals surface area (Å²) in [7, 11) is 0. The number of nitrogens with zero attached hydrogens (tertiary/aromatic N) is 1. The van der Waals surface area contributed by atoms with E-state index in [0.717, 1.165) is 32.2 Å². The zero-order chi connectivity index (χ0) is 14.6. The first-order chi connectivity index (χ1) is 9.79. The Bertz CT molecular complexity index is 255. The fraction of sp³-hybridized carbons (Fsp3) is 0.941. The molecule has 0 saturated carbocycles. The molecule has 3 heteroatoms. The van der Waals surface area contributed by atoms with Crippen LogP contribution in [0.3, 0.4) is 0 Å². The van der Waals surface area contributed by atoms with Gasteiger partial charge in [0.1, 0.15) is 0 Å². The normalized spacial score (nSPS) is 19.1. The smallest absolute Gasteiger partial charge is 0.410 e. The van der Waals surface area contributed by atoms with Crippen LogP contribution in [0.15, 0.2) is 0 Å². The fourth-order valence-electron chi connectivity index (χ4n) is 2.94. The Morgan fingerprint density at radius 3 is 2.55 bits per heavy atom. The highest BCUT2D eigenvalue weighted by atomic mass is 16.6. The highest BCUT2D eigenvalue weighted by Gasteiger charge is 2.27. The minimum atomic E-state index is -0.0669.